The van der Waals surface area contributed by atoms with Crippen LogP contribution < -0.4 is 4.72 Å². The van der Waals surface area contributed by atoms with Gasteiger partial charge in [-0.3, -0.25) is 0 Å². The van der Waals surface area contributed by atoms with Gasteiger partial charge in [-0.15, -0.1) is 0 Å². The number of carbonyl (C=O) groups excluding carboxylic acids is 2. The van der Waals surface area contributed by atoms with Crippen LogP contribution in [0, 0.1) is 0 Å². The summed E-state index contributed by atoms with van der Waals surface area (Å²) in [6.45, 7) is 0.393. The van der Waals surface area contributed by atoms with Gasteiger partial charge < -0.3 is 4.74 Å². The van der Waals surface area contributed by atoms with Gasteiger partial charge >= 0.3 is 16.3 Å². The maximum absolute atomic E-state index is 11.6. The first-order valence-electron chi connectivity index (χ1n) is 4.92. The normalized spacial score (nSPS) is 18.2. The SMILES string of the molecule is COC(=O)NS(=O)(=O)N1CCC(N=C=O)CC1. The lowest BCUT2D eigenvalue weighted by Crippen LogP contribution is -2.47. The standard InChI is InChI=1S/C8H13N3O5S/c1-16-8(13)10-17(14,15)11-4-2-7(3-5-11)9-6-12/h7H,2-5H2,1H3,(H,10,13). The number of rotatable bonds is 3. The predicted molar refractivity (Wildman–Crippen MR) is 57.2 cm³/mol. The maximum Gasteiger partial charge on any atom is 0.421 e. The van der Waals surface area contributed by atoms with E-state index in [2.05, 4.69) is 9.73 Å². The molecule has 1 saturated heterocycles. The molecule has 0 atom stereocenters. The predicted octanol–water partition coefficient (Wildman–Crippen LogP) is -0.613. The summed E-state index contributed by atoms with van der Waals surface area (Å²) in [5, 5.41) is 0. The van der Waals surface area contributed by atoms with E-state index in [0.717, 1.165) is 11.4 Å². The molecule has 0 radical (unpaired) electrons. The Balaban J connectivity index is 2.58. The van der Waals surface area contributed by atoms with Crippen molar-refractivity contribution >= 4 is 22.4 Å². The quantitative estimate of drug-likeness (QED) is 0.540. The second-order valence-corrected chi connectivity index (χ2v) is 5.12. The molecule has 1 aliphatic rings. The average molecular weight is 263 g/mol. The fourth-order valence-electron chi connectivity index (χ4n) is 1.50. The van der Waals surface area contributed by atoms with Gasteiger partial charge in [0, 0.05) is 13.1 Å². The fourth-order valence-corrected chi connectivity index (χ4v) is 2.61. The highest BCUT2D eigenvalue weighted by atomic mass is 32.2. The fraction of sp³-hybridized carbons (Fsp3) is 0.750. The number of nitrogens with zero attached hydrogens (tertiary/aromatic N) is 2. The van der Waals surface area contributed by atoms with E-state index >= 15 is 0 Å². The number of hydrogen-bond donors (Lipinski definition) is 1. The van der Waals surface area contributed by atoms with Crippen molar-refractivity contribution in [3.63, 3.8) is 0 Å². The molecule has 1 aliphatic heterocycles. The number of ether oxygens (including phenoxy) is 1. The van der Waals surface area contributed by atoms with Crippen LogP contribution in [0.5, 0.6) is 0 Å². The molecular formula is C8H13N3O5S. The van der Waals surface area contributed by atoms with E-state index < -0.39 is 16.3 Å². The monoisotopic (exact) mass is 263 g/mol. The Bertz CT molecular complexity index is 420. The molecule has 0 aromatic rings. The minimum absolute atomic E-state index is 0.197. The smallest absolute Gasteiger partial charge is 0.421 e. The van der Waals surface area contributed by atoms with Crippen molar-refractivity contribution < 1.29 is 22.7 Å². The third-order valence-corrected chi connectivity index (χ3v) is 3.87. The molecule has 0 bridgehead atoms. The van der Waals surface area contributed by atoms with Crippen LogP contribution in [0.4, 0.5) is 4.79 Å². The van der Waals surface area contributed by atoms with Crippen LogP contribution in [0.15, 0.2) is 4.99 Å². The summed E-state index contributed by atoms with van der Waals surface area (Å²) in [4.78, 5) is 24.4. The topological polar surface area (TPSA) is 105 Å². The molecule has 17 heavy (non-hydrogen) atoms. The molecule has 0 aliphatic carbocycles. The Morgan fingerprint density at radius 2 is 2.06 bits per heavy atom. The summed E-state index contributed by atoms with van der Waals surface area (Å²) < 4.78 is 30.3. The molecule has 9 heteroatoms. The number of isocyanates is 1. The summed E-state index contributed by atoms with van der Waals surface area (Å²) in [6.07, 6.45) is 1.28. The molecule has 96 valence electrons. The lowest BCUT2D eigenvalue weighted by Gasteiger charge is -2.28. The second-order valence-electron chi connectivity index (χ2n) is 3.45. The summed E-state index contributed by atoms with van der Waals surface area (Å²) in [7, 11) is -2.79. The van der Waals surface area contributed by atoms with Crippen molar-refractivity contribution in [3.8, 4) is 0 Å². The molecule has 0 aromatic carbocycles. The lowest BCUT2D eigenvalue weighted by atomic mass is 10.1. The molecule has 0 saturated carbocycles. The number of methoxy groups -OCH3 is 1. The van der Waals surface area contributed by atoms with E-state index in [1.54, 1.807) is 4.72 Å². The molecule has 1 N–H and O–H groups in total. The van der Waals surface area contributed by atoms with E-state index in [4.69, 9.17) is 0 Å². The van der Waals surface area contributed by atoms with Crippen molar-refractivity contribution in [3.05, 3.63) is 0 Å². The van der Waals surface area contributed by atoms with Gasteiger partial charge in [0.1, 0.15) is 0 Å². The van der Waals surface area contributed by atoms with Crippen LogP contribution in [0.1, 0.15) is 12.8 Å². The van der Waals surface area contributed by atoms with Crippen LogP contribution in [0.2, 0.25) is 0 Å². The first-order valence-corrected chi connectivity index (χ1v) is 6.36. The van der Waals surface area contributed by atoms with Gasteiger partial charge in [0.2, 0.25) is 6.08 Å². The van der Waals surface area contributed by atoms with Gasteiger partial charge in [-0.25, -0.2) is 19.3 Å². The van der Waals surface area contributed by atoms with Gasteiger partial charge in [-0.2, -0.15) is 12.7 Å². The molecule has 0 spiro atoms. The number of carbonyl (C=O) groups is 1. The first-order chi connectivity index (χ1) is 7.99. The Morgan fingerprint density at radius 1 is 1.47 bits per heavy atom. The number of nitrogens with one attached hydrogen (secondary N) is 1. The minimum Gasteiger partial charge on any atom is -0.452 e. The van der Waals surface area contributed by atoms with Crippen molar-refractivity contribution in [2.75, 3.05) is 20.2 Å². The van der Waals surface area contributed by atoms with Crippen molar-refractivity contribution in [1.82, 2.24) is 9.03 Å². The molecule has 0 aromatic heterocycles. The van der Waals surface area contributed by atoms with E-state index in [-0.39, 0.29) is 19.1 Å². The average Bonchev–Trinajstić information content (AvgIpc) is 2.29. The molecule has 0 unspecified atom stereocenters. The Morgan fingerprint density at radius 3 is 2.53 bits per heavy atom. The van der Waals surface area contributed by atoms with E-state index in [1.165, 1.54) is 6.08 Å². The third kappa shape index (κ3) is 3.81. The van der Waals surface area contributed by atoms with Gasteiger partial charge in [0.25, 0.3) is 0 Å². The zero-order chi connectivity index (χ0) is 12.9. The molecular weight excluding hydrogens is 250 g/mol. The Hall–Kier alpha value is -1.44. The summed E-state index contributed by atoms with van der Waals surface area (Å²) >= 11 is 0. The number of amides is 1. The van der Waals surface area contributed by atoms with Crippen LogP contribution in [0.25, 0.3) is 0 Å². The molecule has 1 fully saturated rings. The maximum atomic E-state index is 11.6. The molecule has 1 rings (SSSR count). The number of piperidine rings is 1. The van der Waals surface area contributed by atoms with Gasteiger partial charge in [0.15, 0.2) is 0 Å². The largest absolute Gasteiger partial charge is 0.452 e. The number of aliphatic imine (C=N–C) groups is 1. The molecule has 1 amide bonds. The zero-order valence-corrected chi connectivity index (χ0v) is 10.1. The Kier molecular flexibility index (Phi) is 4.62. The summed E-state index contributed by atoms with van der Waals surface area (Å²) in [5.74, 6) is 0. The highest BCUT2D eigenvalue weighted by Gasteiger charge is 2.29. The van der Waals surface area contributed by atoms with Gasteiger partial charge in [0.05, 0.1) is 13.2 Å². The second kappa shape index (κ2) is 5.76. The Labute approximate surface area is 98.8 Å². The lowest BCUT2D eigenvalue weighted by molar-refractivity contribution is 0.176. The number of hydrogen-bond acceptors (Lipinski definition) is 6. The van der Waals surface area contributed by atoms with Gasteiger partial charge in [-0.05, 0) is 12.8 Å². The molecule has 1 heterocycles. The summed E-state index contributed by atoms with van der Waals surface area (Å²) in [6, 6.07) is -0.197. The highest BCUT2D eigenvalue weighted by molar-refractivity contribution is 7.87. The van der Waals surface area contributed by atoms with Crippen LogP contribution in [0.3, 0.4) is 0 Å². The van der Waals surface area contributed by atoms with Crippen LogP contribution in [-0.2, 0) is 19.7 Å². The van der Waals surface area contributed by atoms with E-state index in [1.807, 2.05) is 0 Å². The highest BCUT2D eigenvalue weighted by Crippen LogP contribution is 2.15. The van der Waals surface area contributed by atoms with Crippen molar-refractivity contribution in [1.29, 1.82) is 0 Å². The van der Waals surface area contributed by atoms with E-state index in [0.29, 0.717) is 12.8 Å². The van der Waals surface area contributed by atoms with Gasteiger partial charge in [-0.1, -0.05) is 0 Å². The van der Waals surface area contributed by atoms with Crippen molar-refractivity contribution in [2.24, 2.45) is 4.99 Å². The first kappa shape index (κ1) is 13.6. The minimum atomic E-state index is -3.86. The summed E-state index contributed by atoms with van der Waals surface area (Å²) in [5.41, 5.74) is 0. The van der Waals surface area contributed by atoms with E-state index in [9.17, 15) is 18.0 Å². The molecule has 8 nitrogen and oxygen atoms in total. The van der Waals surface area contributed by atoms with Crippen LogP contribution >= 0.6 is 0 Å². The van der Waals surface area contributed by atoms with Crippen molar-refractivity contribution in [2.45, 2.75) is 18.9 Å². The third-order valence-electron chi connectivity index (χ3n) is 2.40. The zero-order valence-electron chi connectivity index (χ0n) is 9.25. The van der Waals surface area contributed by atoms with Crippen LogP contribution in [-0.4, -0.2) is 51.1 Å².